The van der Waals surface area contributed by atoms with Crippen molar-refractivity contribution in [2.24, 2.45) is 5.92 Å². The van der Waals surface area contributed by atoms with Crippen LogP contribution in [0, 0.1) is 5.92 Å². The lowest BCUT2D eigenvalue weighted by molar-refractivity contribution is 0.212. The molecule has 2 N–H and O–H groups in total. The van der Waals surface area contributed by atoms with Crippen molar-refractivity contribution < 1.29 is 13.5 Å². The molecule has 1 aromatic heterocycles. The molecule has 1 saturated carbocycles. The molecule has 2 atom stereocenters. The molecule has 0 spiro atoms. The first kappa shape index (κ1) is 14.5. The van der Waals surface area contributed by atoms with E-state index in [9.17, 15) is 13.5 Å². The van der Waals surface area contributed by atoms with Gasteiger partial charge in [-0.05, 0) is 18.8 Å². The number of aromatic amines is 1. The van der Waals surface area contributed by atoms with Crippen molar-refractivity contribution in [2.45, 2.75) is 50.3 Å². The molecule has 19 heavy (non-hydrogen) atoms. The third-order valence-corrected chi connectivity index (χ3v) is 5.92. The minimum Gasteiger partial charge on any atom is -0.392 e. The van der Waals surface area contributed by atoms with Crippen molar-refractivity contribution in [1.29, 1.82) is 0 Å². The summed E-state index contributed by atoms with van der Waals surface area (Å²) in [6.45, 7) is 1.76. The van der Waals surface area contributed by atoms with Crippen molar-refractivity contribution >= 4 is 10.0 Å². The highest BCUT2D eigenvalue weighted by atomic mass is 32.2. The topological polar surface area (TPSA) is 86.3 Å². The second-order valence-corrected chi connectivity index (χ2v) is 7.17. The Hall–Kier alpha value is -0.920. The van der Waals surface area contributed by atoms with E-state index in [1.807, 2.05) is 0 Å². The maximum Gasteiger partial charge on any atom is 0.260 e. The normalized spacial score (nSPS) is 24.8. The molecule has 0 aliphatic heterocycles. The highest BCUT2D eigenvalue weighted by Crippen LogP contribution is 2.30. The van der Waals surface area contributed by atoms with Crippen LogP contribution in [-0.2, 0) is 16.6 Å². The van der Waals surface area contributed by atoms with Gasteiger partial charge in [0, 0.05) is 18.7 Å². The molecule has 1 aliphatic rings. The number of aromatic nitrogens is 2. The van der Waals surface area contributed by atoms with E-state index in [-0.39, 0.29) is 17.7 Å². The molecular weight excluding hydrogens is 266 g/mol. The van der Waals surface area contributed by atoms with Gasteiger partial charge in [-0.25, -0.2) is 8.42 Å². The maximum atomic E-state index is 12.6. The van der Waals surface area contributed by atoms with Crippen LogP contribution in [0.3, 0.4) is 0 Å². The highest BCUT2D eigenvalue weighted by Gasteiger charge is 2.34. The lowest BCUT2D eigenvalue weighted by atomic mass is 9.86. The van der Waals surface area contributed by atoms with E-state index in [2.05, 4.69) is 17.1 Å². The fourth-order valence-corrected chi connectivity index (χ4v) is 4.37. The molecule has 0 bridgehead atoms. The fourth-order valence-electron chi connectivity index (χ4n) is 2.79. The Balaban J connectivity index is 2.28. The Morgan fingerprint density at radius 2 is 2.16 bits per heavy atom. The molecular formula is C12H21N3O3S. The smallest absolute Gasteiger partial charge is 0.260 e. The zero-order chi connectivity index (χ0) is 14.0. The van der Waals surface area contributed by atoms with E-state index in [4.69, 9.17) is 0 Å². The van der Waals surface area contributed by atoms with E-state index in [1.54, 1.807) is 7.05 Å². The predicted octanol–water partition coefficient (Wildman–Crippen LogP) is 1.10. The molecule has 2 rings (SSSR count). The van der Waals surface area contributed by atoms with E-state index < -0.39 is 10.0 Å². The first-order valence-corrected chi connectivity index (χ1v) is 8.03. The van der Waals surface area contributed by atoms with Crippen LogP contribution >= 0.6 is 0 Å². The van der Waals surface area contributed by atoms with Gasteiger partial charge in [-0.3, -0.25) is 5.10 Å². The Morgan fingerprint density at radius 3 is 2.79 bits per heavy atom. The van der Waals surface area contributed by atoms with E-state index >= 15 is 0 Å². The summed E-state index contributed by atoms with van der Waals surface area (Å²) in [4.78, 5) is 0. The van der Waals surface area contributed by atoms with E-state index in [0.29, 0.717) is 11.5 Å². The predicted molar refractivity (Wildman–Crippen MR) is 70.9 cm³/mol. The van der Waals surface area contributed by atoms with Gasteiger partial charge >= 0.3 is 0 Å². The Bertz CT molecular complexity index is 526. The molecule has 1 aliphatic carbocycles. The standard InChI is InChI=1S/C12H21N3O3S/c1-9-5-3-4-6-11(9)15(2)19(17,18)12-10(8-16)7-13-14-12/h7,9,11,16H,3-6,8H2,1-2H3,(H,13,14). The van der Waals surface area contributed by atoms with Crippen LogP contribution in [-0.4, -0.2) is 41.1 Å². The van der Waals surface area contributed by atoms with Crippen LogP contribution in [0.2, 0.25) is 0 Å². The summed E-state index contributed by atoms with van der Waals surface area (Å²) in [6.07, 6.45) is 5.52. The molecule has 1 fully saturated rings. The van der Waals surface area contributed by atoms with Gasteiger partial charge in [-0.1, -0.05) is 19.8 Å². The molecule has 6 nitrogen and oxygen atoms in total. The van der Waals surface area contributed by atoms with Gasteiger partial charge in [0.2, 0.25) is 0 Å². The third kappa shape index (κ3) is 2.68. The Kier molecular flexibility index (Phi) is 4.27. The van der Waals surface area contributed by atoms with Crippen LogP contribution < -0.4 is 0 Å². The molecule has 2 unspecified atom stereocenters. The Morgan fingerprint density at radius 1 is 1.47 bits per heavy atom. The largest absolute Gasteiger partial charge is 0.392 e. The zero-order valence-corrected chi connectivity index (χ0v) is 12.2. The van der Waals surface area contributed by atoms with Crippen LogP contribution in [0.25, 0.3) is 0 Å². The summed E-state index contributed by atoms with van der Waals surface area (Å²) in [7, 11) is -2.00. The second kappa shape index (κ2) is 5.60. The summed E-state index contributed by atoms with van der Waals surface area (Å²) >= 11 is 0. The maximum absolute atomic E-state index is 12.6. The highest BCUT2D eigenvalue weighted by molar-refractivity contribution is 7.89. The van der Waals surface area contributed by atoms with Crippen molar-refractivity contribution in [3.8, 4) is 0 Å². The summed E-state index contributed by atoms with van der Waals surface area (Å²) in [6, 6.07) is 0.0218. The monoisotopic (exact) mass is 287 g/mol. The average molecular weight is 287 g/mol. The van der Waals surface area contributed by atoms with E-state index in [0.717, 1.165) is 25.7 Å². The van der Waals surface area contributed by atoms with Gasteiger partial charge in [-0.15, -0.1) is 0 Å². The number of H-pyrrole nitrogens is 1. The average Bonchev–Trinajstić information content (AvgIpc) is 2.87. The summed E-state index contributed by atoms with van der Waals surface area (Å²) in [5.74, 6) is 0.356. The molecule has 108 valence electrons. The summed E-state index contributed by atoms with van der Waals surface area (Å²) in [5.41, 5.74) is 0.315. The lowest BCUT2D eigenvalue weighted by Crippen LogP contribution is -2.42. The number of nitrogens with one attached hydrogen (secondary N) is 1. The SMILES string of the molecule is CC1CCCCC1N(C)S(=O)(=O)c1[nH]ncc1CO. The van der Waals surface area contributed by atoms with Crippen molar-refractivity contribution in [3.05, 3.63) is 11.8 Å². The van der Waals surface area contributed by atoms with Gasteiger partial charge in [0.25, 0.3) is 10.0 Å². The lowest BCUT2D eigenvalue weighted by Gasteiger charge is -2.35. The molecule has 7 heteroatoms. The first-order valence-electron chi connectivity index (χ1n) is 6.59. The van der Waals surface area contributed by atoms with Gasteiger partial charge in [-0.2, -0.15) is 9.40 Å². The third-order valence-electron chi connectivity index (χ3n) is 4.02. The zero-order valence-electron chi connectivity index (χ0n) is 11.3. The summed E-state index contributed by atoms with van der Waals surface area (Å²) < 4.78 is 26.6. The van der Waals surface area contributed by atoms with Crippen LogP contribution in [0.1, 0.15) is 38.2 Å². The molecule has 1 heterocycles. The number of aliphatic hydroxyl groups is 1. The van der Waals surface area contributed by atoms with Gasteiger partial charge in [0.1, 0.15) is 0 Å². The minimum absolute atomic E-state index is 0.00951. The van der Waals surface area contributed by atoms with Crippen molar-refractivity contribution in [3.63, 3.8) is 0 Å². The van der Waals surface area contributed by atoms with E-state index in [1.165, 1.54) is 10.5 Å². The van der Waals surface area contributed by atoms with Crippen LogP contribution in [0.4, 0.5) is 0 Å². The molecule has 1 aromatic rings. The number of hydrogen-bond donors (Lipinski definition) is 2. The van der Waals surface area contributed by atoms with Gasteiger partial charge < -0.3 is 5.11 Å². The Labute approximate surface area is 113 Å². The fraction of sp³-hybridized carbons (Fsp3) is 0.750. The first-order chi connectivity index (χ1) is 8.98. The quantitative estimate of drug-likeness (QED) is 0.868. The molecule has 0 amide bonds. The minimum atomic E-state index is -3.62. The molecule has 0 saturated heterocycles. The number of sulfonamides is 1. The van der Waals surface area contributed by atoms with Crippen molar-refractivity contribution in [2.75, 3.05) is 7.05 Å². The van der Waals surface area contributed by atoms with Gasteiger partial charge in [0.15, 0.2) is 5.03 Å². The molecule has 0 aromatic carbocycles. The van der Waals surface area contributed by atoms with Crippen LogP contribution in [0.5, 0.6) is 0 Å². The van der Waals surface area contributed by atoms with Crippen LogP contribution in [0.15, 0.2) is 11.2 Å². The summed E-state index contributed by atoms with van der Waals surface area (Å²) in [5, 5.41) is 15.4. The second-order valence-electron chi connectivity index (χ2n) is 5.23. The number of rotatable bonds is 4. The number of hydrogen-bond acceptors (Lipinski definition) is 4. The molecule has 0 radical (unpaired) electrons. The number of nitrogens with zero attached hydrogens (tertiary/aromatic N) is 2. The van der Waals surface area contributed by atoms with Gasteiger partial charge in [0.05, 0.1) is 12.8 Å². The van der Waals surface area contributed by atoms with Crippen molar-refractivity contribution in [1.82, 2.24) is 14.5 Å². The number of aliphatic hydroxyl groups excluding tert-OH is 1.